The highest BCUT2D eigenvalue weighted by molar-refractivity contribution is 8.27. The summed E-state index contributed by atoms with van der Waals surface area (Å²) >= 11 is 0.632. The van der Waals surface area contributed by atoms with Crippen molar-refractivity contribution in [3.05, 3.63) is 24.0 Å². The third-order valence-electron chi connectivity index (χ3n) is 5.41. The lowest BCUT2D eigenvalue weighted by Gasteiger charge is -2.31. The first kappa shape index (κ1) is 21.3. The van der Waals surface area contributed by atoms with Gasteiger partial charge in [0.15, 0.2) is 11.6 Å². The van der Waals surface area contributed by atoms with Gasteiger partial charge >= 0.3 is 0 Å². The monoisotopic (exact) mass is 446 g/mol. The van der Waals surface area contributed by atoms with Gasteiger partial charge in [-0.05, 0) is 25.0 Å². The standard InChI is InChI=1S/C20H23FN6O3S/c1-26(13-6-4-3-5-7-13)18-23-17(22-12-8-9-15(30-2)14(21)10-12)24-19(25-18)27-11-16(28)31-20(27)29/h8-10,13H,3-7,11H2,1-2H3,(H,22,23,24,25). The van der Waals surface area contributed by atoms with E-state index in [1.807, 2.05) is 11.9 Å². The van der Waals surface area contributed by atoms with Crippen molar-refractivity contribution in [1.29, 1.82) is 0 Å². The molecule has 1 aromatic carbocycles. The Hall–Kier alpha value is -2.95. The minimum absolute atomic E-state index is 0.0903. The molecular formula is C20H23FN6O3S. The van der Waals surface area contributed by atoms with Crippen LogP contribution in [0.2, 0.25) is 0 Å². The van der Waals surface area contributed by atoms with Crippen molar-refractivity contribution in [2.24, 2.45) is 0 Å². The second-order valence-corrected chi connectivity index (χ2v) is 8.47. The van der Waals surface area contributed by atoms with Gasteiger partial charge in [-0.2, -0.15) is 15.0 Å². The first-order chi connectivity index (χ1) is 14.9. The third-order valence-corrected chi connectivity index (χ3v) is 6.16. The largest absolute Gasteiger partial charge is 0.494 e. The Bertz CT molecular complexity index is 1000. The van der Waals surface area contributed by atoms with E-state index in [9.17, 15) is 14.0 Å². The van der Waals surface area contributed by atoms with Gasteiger partial charge in [0, 0.05) is 36.6 Å². The second-order valence-electron chi connectivity index (χ2n) is 7.46. The molecule has 0 bridgehead atoms. The number of thioether (sulfide) groups is 1. The topological polar surface area (TPSA) is 101 Å². The first-order valence-electron chi connectivity index (χ1n) is 10.1. The van der Waals surface area contributed by atoms with Crippen LogP contribution >= 0.6 is 11.8 Å². The minimum Gasteiger partial charge on any atom is -0.494 e. The number of carbonyl (C=O) groups excluding carboxylic acids is 2. The van der Waals surface area contributed by atoms with Gasteiger partial charge < -0.3 is 15.0 Å². The lowest BCUT2D eigenvalue weighted by molar-refractivity contribution is -0.109. The summed E-state index contributed by atoms with van der Waals surface area (Å²) in [6.45, 7) is -0.100. The number of ether oxygens (including phenoxy) is 1. The lowest BCUT2D eigenvalue weighted by Crippen LogP contribution is -2.35. The van der Waals surface area contributed by atoms with Crippen molar-refractivity contribution >= 4 is 45.6 Å². The molecule has 0 atom stereocenters. The molecule has 0 unspecified atom stereocenters. The normalized spacial score (nSPS) is 17.2. The van der Waals surface area contributed by atoms with Crippen LogP contribution in [0, 0.1) is 5.82 Å². The maximum Gasteiger partial charge on any atom is 0.296 e. The molecule has 2 aliphatic rings. The molecule has 2 heterocycles. The van der Waals surface area contributed by atoms with Crippen LogP contribution in [-0.4, -0.2) is 52.1 Å². The summed E-state index contributed by atoms with van der Waals surface area (Å²) in [4.78, 5) is 40.5. The smallest absolute Gasteiger partial charge is 0.296 e. The van der Waals surface area contributed by atoms with Gasteiger partial charge in [-0.3, -0.25) is 14.5 Å². The van der Waals surface area contributed by atoms with Crippen LogP contribution in [0.3, 0.4) is 0 Å². The third kappa shape index (κ3) is 4.71. The molecule has 2 fully saturated rings. The molecule has 11 heteroatoms. The molecule has 1 aliphatic carbocycles. The molecule has 164 valence electrons. The Morgan fingerprint density at radius 2 is 1.97 bits per heavy atom. The lowest BCUT2D eigenvalue weighted by atomic mass is 9.95. The SMILES string of the molecule is COc1ccc(Nc2nc(N3CC(=O)SC3=O)nc(N(C)C3CCCCC3)n2)cc1F. The van der Waals surface area contributed by atoms with Crippen molar-refractivity contribution in [3.8, 4) is 5.75 Å². The summed E-state index contributed by atoms with van der Waals surface area (Å²) in [6, 6.07) is 4.68. The summed E-state index contributed by atoms with van der Waals surface area (Å²) in [7, 11) is 3.31. The van der Waals surface area contributed by atoms with Crippen LogP contribution in [0.25, 0.3) is 0 Å². The maximum atomic E-state index is 14.1. The molecule has 0 radical (unpaired) electrons. The zero-order valence-corrected chi connectivity index (χ0v) is 18.1. The van der Waals surface area contributed by atoms with Gasteiger partial charge in [-0.1, -0.05) is 19.3 Å². The fourth-order valence-electron chi connectivity index (χ4n) is 3.72. The van der Waals surface area contributed by atoms with E-state index >= 15 is 0 Å². The van der Waals surface area contributed by atoms with E-state index in [0.29, 0.717) is 23.4 Å². The first-order valence-corrected chi connectivity index (χ1v) is 10.9. The number of nitrogens with zero attached hydrogens (tertiary/aromatic N) is 5. The van der Waals surface area contributed by atoms with Crippen molar-refractivity contribution in [2.45, 2.75) is 38.1 Å². The molecule has 0 spiro atoms. The molecule has 9 nitrogen and oxygen atoms in total. The van der Waals surface area contributed by atoms with Crippen LogP contribution in [0.1, 0.15) is 32.1 Å². The molecule has 1 saturated carbocycles. The number of halogens is 1. The summed E-state index contributed by atoms with van der Waals surface area (Å²) in [5.41, 5.74) is 0.417. The predicted octanol–water partition coefficient (Wildman–Crippen LogP) is 3.73. The molecule has 31 heavy (non-hydrogen) atoms. The molecule has 1 saturated heterocycles. The zero-order valence-electron chi connectivity index (χ0n) is 17.3. The van der Waals surface area contributed by atoms with E-state index < -0.39 is 11.1 Å². The summed E-state index contributed by atoms with van der Waals surface area (Å²) in [6.07, 6.45) is 5.55. The average molecular weight is 447 g/mol. The Balaban J connectivity index is 1.67. The predicted molar refractivity (Wildman–Crippen MR) is 117 cm³/mol. The van der Waals surface area contributed by atoms with E-state index in [2.05, 4.69) is 20.3 Å². The summed E-state index contributed by atoms with van der Waals surface area (Å²) in [5.74, 6) is 0.234. The van der Waals surface area contributed by atoms with Crippen LogP contribution < -0.4 is 19.9 Å². The highest BCUT2D eigenvalue weighted by Gasteiger charge is 2.33. The molecular weight excluding hydrogens is 423 g/mol. The Kier molecular flexibility index (Phi) is 6.21. The quantitative estimate of drug-likeness (QED) is 0.711. The number of hydrogen-bond donors (Lipinski definition) is 1. The number of nitrogens with one attached hydrogen (secondary N) is 1. The Morgan fingerprint density at radius 3 is 2.61 bits per heavy atom. The van der Waals surface area contributed by atoms with Crippen molar-refractivity contribution in [3.63, 3.8) is 0 Å². The number of aromatic nitrogens is 3. The summed E-state index contributed by atoms with van der Waals surface area (Å²) in [5, 5.41) is 2.28. The van der Waals surface area contributed by atoms with Crippen LogP contribution in [0.4, 0.5) is 32.7 Å². The molecule has 2 aromatic rings. The minimum atomic E-state index is -0.530. The van der Waals surface area contributed by atoms with E-state index in [4.69, 9.17) is 4.74 Å². The van der Waals surface area contributed by atoms with Crippen LogP contribution in [0.15, 0.2) is 18.2 Å². The maximum absolute atomic E-state index is 14.1. The summed E-state index contributed by atoms with van der Waals surface area (Å²) < 4.78 is 19.1. The number of rotatable bonds is 6. The fourth-order valence-corrected chi connectivity index (χ4v) is 4.37. The highest BCUT2D eigenvalue weighted by atomic mass is 32.2. The number of methoxy groups -OCH3 is 1. The molecule has 4 rings (SSSR count). The van der Waals surface area contributed by atoms with Crippen LogP contribution in [-0.2, 0) is 4.79 Å². The fraction of sp³-hybridized carbons (Fsp3) is 0.450. The van der Waals surface area contributed by atoms with Crippen molar-refractivity contribution in [2.75, 3.05) is 35.8 Å². The molecule has 1 aromatic heterocycles. The van der Waals surface area contributed by atoms with Gasteiger partial charge in [-0.15, -0.1) is 0 Å². The molecule has 1 aliphatic heterocycles. The van der Waals surface area contributed by atoms with Gasteiger partial charge in [0.05, 0.1) is 13.7 Å². The van der Waals surface area contributed by atoms with E-state index in [0.717, 1.165) is 25.7 Å². The van der Waals surface area contributed by atoms with Gasteiger partial charge in [0.25, 0.3) is 5.24 Å². The average Bonchev–Trinajstić information content (AvgIpc) is 3.11. The number of hydrogen-bond acceptors (Lipinski definition) is 9. The highest BCUT2D eigenvalue weighted by Crippen LogP contribution is 2.29. The Labute approximate surface area is 183 Å². The van der Waals surface area contributed by atoms with E-state index in [-0.39, 0.29) is 35.3 Å². The van der Waals surface area contributed by atoms with E-state index in [1.165, 1.54) is 30.6 Å². The van der Waals surface area contributed by atoms with Crippen LogP contribution in [0.5, 0.6) is 5.75 Å². The number of amides is 1. The zero-order chi connectivity index (χ0) is 22.0. The second kappa shape index (κ2) is 9.04. The molecule has 1 amide bonds. The van der Waals surface area contributed by atoms with Gasteiger partial charge in [0.2, 0.25) is 23.0 Å². The van der Waals surface area contributed by atoms with Crippen molar-refractivity contribution < 1.29 is 18.7 Å². The van der Waals surface area contributed by atoms with Crippen molar-refractivity contribution in [1.82, 2.24) is 15.0 Å². The Morgan fingerprint density at radius 1 is 1.19 bits per heavy atom. The van der Waals surface area contributed by atoms with E-state index in [1.54, 1.807) is 6.07 Å². The number of benzene rings is 1. The molecule has 1 N–H and O–H groups in total. The van der Waals surface area contributed by atoms with Gasteiger partial charge in [0.1, 0.15) is 0 Å². The van der Waals surface area contributed by atoms with Gasteiger partial charge in [-0.25, -0.2) is 4.39 Å². The number of carbonyl (C=O) groups is 2. The number of anilines is 4.